The van der Waals surface area contributed by atoms with Crippen LogP contribution in [0.3, 0.4) is 0 Å². The second kappa shape index (κ2) is 8.93. The van der Waals surface area contributed by atoms with Crippen molar-refractivity contribution in [3.8, 4) is 0 Å². The summed E-state index contributed by atoms with van der Waals surface area (Å²) < 4.78 is 10.9. The van der Waals surface area contributed by atoms with Gasteiger partial charge in [-0.15, -0.1) is 0 Å². The van der Waals surface area contributed by atoms with E-state index in [9.17, 15) is 5.11 Å². The van der Waals surface area contributed by atoms with E-state index in [1.807, 2.05) is 20.8 Å². The molecule has 98 valence electrons. The van der Waals surface area contributed by atoms with Crippen molar-refractivity contribution < 1.29 is 14.6 Å². The molecule has 0 aromatic carbocycles. The summed E-state index contributed by atoms with van der Waals surface area (Å²) in [6.45, 7) is 10.7. The van der Waals surface area contributed by atoms with Crippen LogP contribution in [0.25, 0.3) is 0 Å². The fourth-order valence-electron chi connectivity index (χ4n) is 1.22. The predicted octanol–water partition coefficient (Wildman–Crippen LogP) is 1.18. The van der Waals surface area contributed by atoms with E-state index in [0.717, 1.165) is 13.0 Å². The van der Waals surface area contributed by atoms with Gasteiger partial charge < -0.3 is 19.9 Å². The topological polar surface area (TPSA) is 50.7 Å². The molecular weight excluding hydrogens is 206 g/mol. The molecule has 0 saturated carbocycles. The lowest BCUT2D eigenvalue weighted by molar-refractivity contribution is -0.00695. The van der Waals surface area contributed by atoms with Gasteiger partial charge in [-0.1, -0.05) is 6.92 Å². The molecule has 0 heterocycles. The maximum atomic E-state index is 9.28. The van der Waals surface area contributed by atoms with Gasteiger partial charge in [0.05, 0.1) is 38.1 Å². The molecule has 0 aliphatic heterocycles. The highest BCUT2D eigenvalue weighted by Crippen LogP contribution is 2.03. The fourth-order valence-corrected chi connectivity index (χ4v) is 1.22. The highest BCUT2D eigenvalue weighted by Gasteiger charge is 2.22. The zero-order valence-corrected chi connectivity index (χ0v) is 11.1. The summed E-state index contributed by atoms with van der Waals surface area (Å²) >= 11 is 0. The predicted molar refractivity (Wildman–Crippen MR) is 65.7 cm³/mol. The van der Waals surface area contributed by atoms with Crippen LogP contribution in [-0.2, 0) is 9.47 Å². The van der Waals surface area contributed by atoms with Gasteiger partial charge in [0, 0.05) is 0 Å². The van der Waals surface area contributed by atoms with Crippen LogP contribution < -0.4 is 5.32 Å². The van der Waals surface area contributed by atoms with Gasteiger partial charge in [-0.05, 0) is 33.7 Å². The highest BCUT2D eigenvalue weighted by molar-refractivity contribution is 4.81. The van der Waals surface area contributed by atoms with Gasteiger partial charge in [-0.25, -0.2) is 0 Å². The van der Waals surface area contributed by atoms with Gasteiger partial charge >= 0.3 is 0 Å². The molecule has 0 amide bonds. The molecule has 0 aliphatic carbocycles. The molecule has 4 nitrogen and oxygen atoms in total. The Hall–Kier alpha value is -0.160. The van der Waals surface area contributed by atoms with E-state index in [0.29, 0.717) is 19.8 Å². The first-order chi connectivity index (χ1) is 7.54. The molecule has 4 heteroatoms. The minimum atomic E-state index is -0.339. The molecule has 16 heavy (non-hydrogen) atoms. The summed E-state index contributed by atoms with van der Waals surface area (Å²) in [4.78, 5) is 0. The lowest BCUT2D eigenvalue weighted by Gasteiger charge is -2.28. The van der Waals surface area contributed by atoms with Crippen molar-refractivity contribution in [1.29, 1.82) is 0 Å². The van der Waals surface area contributed by atoms with Crippen molar-refractivity contribution >= 4 is 0 Å². The first-order valence-electron chi connectivity index (χ1n) is 6.09. The SMILES string of the molecule is CCCNC(C)(CO)COCCOC(C)C. The van der Waals surface area contributed by atoms with Crippen molar-refractivity contribution in [2.24, 2.45) is 0 Å². The van der Waals surface area contributed by atoms with Crippen LogP contribution >= 0.6 is 0 Å². The van der Waals surface area contributed by atoms with Crippen LogP contribution in [0, 0.1) is 0 Å². The lowest BCUT2D eigenvalue weighted by Crippen LogP contribution is -2.50. The quantitative estimate of drug-likeness (QED) is 0.556. The maximum Gasteiger partial charge on any atom is 0.0703 e. The molecule has 0 aromatic heterocycles. The zero-order chi connectivity index (χ0) is 12.4. The van der Waals surface area contributed by atoms with Crippen molar-refractivity contribution in [2.75, 3.05) is 33.0 Å². The van der Waals surface area contributed by atoms with Crippen LogP contribution in [0.1, 0.15) is 34.1 Å². The molecule has 1 atom stereocenters. The van der Waals surface area contributed by atoms with Crippen molar-refractivity contribution in [3.63, 3.8) is 0 Å². The molecular formula is C12H27NO3. The molecule has 0 aromatic rings. The molecule has 0 aliphatic rings. The number of ether oxygens (including phenoxy) is 2. The monoisotopic (exact) mass is 233 g/mol. The van der Waals surface area contributed by atoms with Crippen molar-refractivity contribution in [1.82, 2.24) is 5.32 Å². The number of hydrogen-bond donors (Lipinski definition) is 2. The summed E-state index contributed by atoms with van der Waals surface area (Å²) in [5.74, 6) is 0. The Kier molecular flexibility index (Phi) is 8.84. The van der Waals surface area contributed by atoms with Gasteiger partial charge in [-0.3, -0.25) is 0 Å². The first kappa shape index (κ1) is 15.8. The Morgan fingerprint density at radius 2 is 2.00 bits per heavy atom. The second-order valence-electron chi connectivity index (χ2n) is 4.62. The Morgan fingerprint density at radius 3 is 2.50 bits per heavy atom. The largest absolute Gasteiger partial charge is 0.394 e. The Morgan fingerprint density at radius 1 is 1.31 bits per heavy atom. The Bertz CT molecular complexity index is 164. The van der Waals surface area contributed by atoms with Crippen LogP contribution in [0.2, 0.25) is 0 Å². The third kappa shape index (κ3) is 8.05. The van der Waals surface area contributed by atoms with Gasteiger partial charge in [0.15, 0.2) is 0 Å². The van der Waals surface area contributed by atoms with Gasteiger partial charge in [0.2, 0.25) is 0 Å². The van der Waals surface area contributed by atoms with Crippen LogP contribution in [-0.4, -0.2) is 49.7 Å². The summed E-state index contributed by atoms with van der Waals surface area (Å²) in [6.07, 6.45) is 1.29. The number of aliphatic hydroxyl groups excluding tert-OH is 1. The summed E-state index contributed by atoms with van der Waals surface area (Å²) in [5, 5.41) is 12.6. The van der Waals surface area contributed by atoms with E-state index >= 15 is 0 Å². The minimum Gasteiger partial charge on any atom is -0.394 e. The van der Waals surface area contributed by atoms with Crippen molar-refractivity contribution in [2.45, 2.75) is 45.8 Å². The number of rotatable bonds is 10. The van der Waals surface area contributed by atoms with Gasteiger partial charge in [0.1, 0.15) is 0 Å². The average molecular weight is 233 g/mol. The van der Waals surface area contributed by atoms with E-state index in [4.69, 9.17) is 9.47 Å². The molecule has 0 saturated heterocycles. The normalized spacial score (nSPS) is 15.4. The summed E-state index contributed by atoms with van der Waals surface area (Å²) in [7, 11) is 0. The van der Waals surface area contributed by atoms with E-state index < -0.39 is 0 Å². The summed E-state index contributed by atoms with van der Waals surface area (Å²) in [6, 6.07) is 0. The molecule has 0 rings (SSSR count). The molecule has 0 radical (unpaired) electrons. The third-order valence-electron chi connectivity index (χ3n) is 2.25. The first-order valence-corrected chi connectivity index (χ1v) is 6.09. The molecule has 2 N–H and O–H groups in total. The van der Waals surface area contributed by atoms with Crippen LogP contribution in [0.5, 0.6) is 0 Å². The van der Waals surface area contributed by atoms with E-state index in [-0.39, 0.29) is 18.2 Å². The van der Waals surface area contributed by atoms with E-state index in [1.54, 1.807) is 0 Å². The molecule has 0 bridgehead atoms. The number of nitrogens with one attached hydrogen (secondary N) is 1. The third-order valence-corrected chi connectivity index (χ3v) is 2.25. The minimum absolute atomic E-state index is 0.0814. The van der Waals surface area contributed by atoms with Crippen LogP contribution in [0.15, 0.2) is 0 Å². The molecule has 1 unspecified atom stereocenters. The highest BCUT2D eigenvalue weighted by atomic mass is 16.5. The number of aliphatic hydroxyl groups is 1. The number of hydrogen-bond acceptors (Lipinski definition) is 4. The Labute approximate surface area is 99.3 Å². The zero-order valence-electron chi connectivity index (χ0n) is 11.1. The standard InChI is InChI=1S/C12H27NO3/c1-5-6-13-12(4,9-14)10-15-7-8-16-11(2)3/h11,13-14H,5-10H2,1-4H3. The van der Waals surface area contributed by atoms with Crippen molar-refractivity contribution in [3.05, 3.63) is 0 Å². The average Bonchev–Trinajstić information content (AvgIpc) is 2.25. The van der Waals surface area contributed by atoms with Gasteiger partial charge in [-0.2, -0.15) is 0 Å². The molecule has 0 spiro atoms. The van der Waals surface area contributed by atoms with E-state index in [1.165, 1.54) is 0 Å². The fraction of sp³-hybridized carbons (Fsp3) is 1.00. The second-order valence-corrected chi connectivity index (χ2v) is 4.62. The lowest BCUT2D eigenvalue weighted by atomic mass is 10.1. The van der Waals surface area contributed by atoms with Crippen LogP contribution in [0.4, 0.5) is 0 Å². The molecule has 0 fully saturated rings. The van der Waals surface area contributed by atoms with E-state index in [2.05, 4.69) is 12.2 Å². The van der Waals surface area contributed by atoms with Gasteiger partial charge in [0.25, 0.3) is 0 Å². The smallest absolute Gasteiger partial charge is 0.0703 e. The maximum absolute atomic E-state index is 9.28. The summed E-state index contributed by atoms with van der Waals surface area (Å²) in [5.41, 5.74) is -0.339. The Balaban J connectivity index is 3.61.